The molecule has 0 amide bonds. The molecule has 0 aliphatic carbocycles. The molecule has 3 rings (SSSR count). The van der Waals surface area contributed by atoms with Crippen LogP contribution in [0.15, 0.2) is 35.1 Å². The highest BCUT2D eigenvalue weighted by Crippen LogP contribution is 2.16. The van der Waals surface area contributed by atoms with E-state index in [1.165, 1.54) is 5.56 Å². The Labute approximate surface area is 124 Å². The maximum atomic E-state index is 5.37. The van der Waals surface area contributed by atoms with E-state index in [1.807, 2.05) is 37.0 Å². The summed E-state index contributed by atoms with van der Waals surface area (Å²) in [5.74, 6) is 1.01. The Morgan fingerprint density at radius 2 is 2.29 bits per heavy atom. The number of aromatic nitrogens is 3. The summed E-state index contributed by atoms with van der Waals surface area (Å²) in [5.41, 5.74) is 3.12. The van der Waals surface area contributed by atoms with Crippen molar-refractivity contribution in [3.63, 3.8) is 0 Å². The number of hydrogen-bond donors (Lipinski definition) is 1. The van der Waals surface area contributed by atoms with Gasteiger partial charge >= 0.3 is 0 Å². The molecule has 0 aliphatic heterocycles. The van der Waals surface area contributed by atoms with E-state index in [2.05, 4.69) is 28.4 Å². The highest BCUT2D eigenvalue weighted by atomic mass is 16.3. The van der Waals surface area contributed by atoms with Crippen LogP contribution in [0.4, 0.5) is 0 Å². The standard InChI is InChI=1S/C16H20N4O/c1-11(7-14-5-4-6-21-14)17-9-13-8-15-12(2)19-20(3)16(15)18-10-13/h4-6,8,10-11,17H,7,9H2,1-3H3. The molecular weight excluding hydrogens is 264 g/mol. The molecule has 5 heteroatoms. The first-order valence-electron chi connectivity index (χ1n) is 7.17. The Hall–Kier alpha value is -2.14. The van der Waals surface area contributed by atoms with Gasteiger partial charge in [0, 0.05) is 37.6 Å². The summed E-state index contributed by atoms with van der Waals surface area (Å²) in [7, 11) is 1.92. The maximum absolute atomic E-state index is 5.37. The normalized spacial score (nSPS) is 12.9. The Balaban J connectivity index is 1.66. The molecule has 0 bridgehead atoms. The van der Waals surface area contributed by atoms with Gasteiger partial charge in [0.25, 0.3) is 0 Å². The van der Waals surface area contributed by atoms with Crippen LogP contribution >= 0.6 is 0 Å². The van der Waals surface area contributed by atoms with Crippen molar-refractivity contribution in [2.45, 2.75) is 32.9 Å². The van der Waals surface area contributed by atoms with Gasteiger partial charge < -0.3 is 9.73 Å². The summed E-state index contributed by atoms with van der Waals surface area (Å²) in [6.07, 6.45) is 4.51. The SMILES string of the molecule is Cc1nn(C)c2ncc(CNC(C)Cc3ccco3)cc12. The summed E-state index contributed by atoms with van der Waals surface area (Å²) in [6.45, 7) is 4.96. The first-order chi connectivity index (χ1) is 10.1. The summed E-state index contributed by atoms with van der Waals surface area (Å²) in [6, 6.07) is 6.44. The van der Waals surface area contributed by atoms with E-state index in [9.17, 15) is 0 Å². The van der Waals surface area contributed by atoms with Crippen molar-refractivity contribution in [1.29, 1.82) is 0 Å². The second-order valence-corrected chi connectivity index (χ2v) is 5.49. The largest absolute Gasteiger partial charge is 0.469 e. The van der Waals surface area contributed by atoms with Crippen LogP contribution in [0.1, 0.15) is 23.9 Å². The highest BCUT2D eigenvalue weighted by molar-refractivity contribution is 5.78. The fourth-order valence-electron chi connectivity index (χ4n) is 2.54. The third-order valence-corrected chi connectivity index (χ3v) is 3.66. The number of nitrogens with one attached hydrogen (secondary N) is 1. The molecule has 1 atom stereocenters. The molecule has 0 spiro atoms. The monoisotopic (exact) mass is 284 g/mol. The summed E-state index contributed by atoms with van der Waals surface area (Å²) >= 11 is 0. The van der Waals surface area contributed by atoms with Gasteiger partial charge in [0.05, 0.1) is 12.0 Å². The molecule has 3 aromatic rings. The van der Waals surface area contributed by atoms with Gasteiger partial charge in [-0.15, -0.1) is 0 Å². The Bertz CT molecular complexity index is 730. The topological polar surface area (TPSA) is 55.9 Å². The van der Waals surface area contributed by atoms with Crippen LogP contribution in [-0.4, -0.2) is 20.8 Å². The predicted molar refractivity (Wildman–Crippen MR) is 82.0 cm³/mol. The number of hydrogen-bond acceptors (Lipinski definition) is 4. The minimum Gasteiger partial charge on any atom is -0.469 e. The van der Waals surface area contributed by atoms with E-state index in [1.54, 1.807) is 6.26 Å². The van der Waals surface area contributed by atoms with Gasteiger partial charge in [0.2, 0.25) is 0 Å². The van der Waals surface area contributed by atoms with Crippen LogP contribution in [0.25, 0.3) is 11.0 Å². The molecule has 0 saturated carbocycles. The first kappa shape index (κ1) is 13.8. The van der Waals surface area contributed by atoms with E-state index < -0.39 is 0 Å². The van der Waals surface area contributed by atoms with Crippen molar-refractivity contribution >= 4 is 11.0 Å². The fraction of sp³-hybridized carbons (Fsp3) is 0.375. The Kier molecular flexibility index (Phi) is 3.75. The third kappa shape index (κ3) is 2.97. The van der Waals surface area contributed by atoms with Gasteiger partial charge in [-0.3, -0.25) is 4.68 Å². The van der Waals surface area contributed by atoms with Crippen LogP contribution in [-0.2, 0) is 20.0 Å². The minimum absolute atomic E-state index is 0.349. The van der Waals surface area contributed by atoms with E-state index in [0.29, 0.717) is 6.04 Å². The smallest absolute Gasteiger partial charge is 0.157 e. The van der Waals surface area contributed by atoms with Crippen molar-refractivity contribution in [3.8, 4) is 0 Å². The number of pyridine rings is 1. The molecule has 21 heavy (non-hydrogen) atoms. The molecule has 0 aromatic carbocycles. The van der Waals surface area contributed by atoms with Gasteiger partial charge in [-0.1, -0.05) is 0 Å². The number of rotatable bonds is 5. The molecule has 1 unspecified atom stereocenters. The van der Waals surface area contributed by atoms with E-state index in [0.717, 1.165) is 35.5 Å². The molecule has 3 aromatic heterocycles. The lowest BCUT2D eigenvalue weighted by Crippen LogP contribution is -2.27. The Morgan fingerprint density at radius 1 is 1.43 bits per heavy atom. The molecule has 0 radical (unpaired) electrons. The van der Waals surface area contributed by atoms with Gasteiger partial charge in [-0.2, -0.15) is 5.10 Å². The second kappa shape index (κ2) is 5.69. The van der Waals surface area contributed by atoms with Gasteiger partial charge in [0.1, 0.15) is 5.76 Å². The van der Waals surface area contributed by atoms with Gasteiger partial charge in [-0.25, -0.2) is 4.98 Å². The quantitative estimate of drug-likeness (QED) is 0.782. The van der Waals surface area contributed by atoms with Gasteiger partial charge in [-0.05, 0) is 37.6 Å². The second-order valence-electron chi connectivity index (χ2n) is 5.49. The van der Waals surface area contributed by atoms with Crippen LogP contribution in [0, 0.1) is 6.92 Å². The number of nitrogens with zero attached hydrogens (tertiary/aromatic N) is 3. The first-order valence-corrected chi connectivity index (χ1v) is 7.17. The van der Waals surface area contributed by atoms with Gasteiger partial charge in [0.15, 0.2) is 5.65 Å². The van der Waals surface area contributed by atoms with Crippen molar-refractivity contribution in [3.05, 3.63) is 47.7 Å². The van der Waals surface area contributed by atoms with Crippen LogP contribution in [0.5, 0.6) is 0 Å². The van der Waals surface area contributed by atoms with Crippen LogP contribution < -0.4 is 5.32 Å². The molecule has 1 N–H and O–H groups in total. The average molecular weight is 284 g/mol. The molecule has 3 heterocycles. The third-order valence-electron chi connectivity index (χ3n) is 3.66. The van der Waals surface area contributed by atoms with Crippen LogP contribution in [0.3, 0.4) is 0 Å². The van der Waals surface area contributed by atoms with Crippen molar-refractivity contribution in [2.24, 2.45) is 7.05 Å². The maximum Gasteiger partial charge on any atom is 0.157 e. The van der Waals surface area contributed by atoms with Crippen molar-refractivity contribution < 1.29 is 4.42 Å². The molecule has 0 saturated heterocycles. The van der Waals surface area contributed by atoms with Crippen LogP contribution in [0.2, 0.25) is 0 Å². The lowest BCUT2D eigenvalue weighted by molar-refractivity contribution is 0.456. The van der Waals surface area contributed by atoms with Crippen molar-refractivity contribution in [2.75, 3.05) is 0 Å². The molecule has 5 nitrogen and oxygen atoms in total. The summed E-state index contributed by atoms with van der Waals surface area (Å²) < 4.78 is 7.19. The molecule has 0 fully saturated rings. The van der Waals surface area contributed by atoms with E-state index >= 15 is 0 Å². The zero-order valence-electron chi connectivity index (χ0n) is 12.6. The molecular formula is C16H20N4O. The van der Waals surface area contributed by atoms with E-state index in [-0.39, 0.29) is 0 Å². The highest BCUT2D eigenvalue weighted by Gasteiger charge is 2.09. The number of furan rings is 1. The number of fused-ring (bicyclic) bond motifs is 1. The molecule has 0 aliphatic rings. The lowest BCUT2D eigenvalue weighted by atomic mass is 10.1. The van der Waals surface area contributed by atoms with E-state index in [4.69, 9.17) is 4.42 Å². The zero-order valence-corrected chi connectivity index (χ0v) is 12.6. The molecule has 110 valence electrons. The van der Waals surface area contributed by atoms with Crippen molar-refractivity contribution in [1.82, 2.24) is 20.1 Å². The number of aryl methyl sites for hydroxylation is 2. The minimum atomic E-state index is 0.349. The Morgan fingerprint density at radius 3 is 3.05 bits per heavy atom. The predicted octanol–water partition coefficient (Wildman–Crippen LogP) is 2.59. The summed E-state index contributed by atoms with van der Waals surface area (Å²) in [5, 5.41) is 9.02. The summed E-state index contributed by atoms with van der Waals surface area (Å²) in [4.78, 5) is 4.50. The fourth-order valence-corrected chi connectivity index (χ4v) is 2.54. The lowest BCUT2D eigenvalue weighted by Gasteiger charge is -2.12. The zero-order chi connectivity index (χ0) is 14.8. The average Bonchev–Trinajstić information content (AvgIpc) is 3.06.